The van der Waals surface area contributed by atoms with Gasteiger partial charge in [0.25, 0.3) is 0 Å². The van der Waals surface area contributed by atoms with Crippen LogP contribution in [0.15, 0.2) is 6.20 Å². The molecule has 0 fully saturated rings. The van der Waals surface area contributed by atoms with Crippen LogP contribution in [0.3, 0.4) is 0 Å². The van der Waals surface area contributed by atoms with Gasteiger partial charge in [-0.25, -0.2) is 0 Å². The van der Waals surface area contributed by atoms with Crippen LogP contribution in [-0.2, 0) is 11.2 Å². The maximum absolute atomic E-state index is 11.5. The SMILES string of the molecule is CNCC(=O)Cc1ncc(C)c(OC)c1C. The van der Waals surface area contributed by atoms with E-state index in [0.29, 0.717) is 13.0 Å². The van der Waals surface area contributed by atoms with Gasteiger partial charge < -0.3 is 10.1 Å². The molecular weight excluding hydrogens is 204 g/mol. The molecule has 1 rings (SSSR count). The fourth-order valence-electron chi connectivity index (χ4n) is 1.70. The quantitative estimate of drug-likeness (QED) is 0.808. The molecule has 4 heteroatoms. The number of methoxy groups -OCH3 is 1. The second-order valence-corrected chi connectivity index (χ2v) is 3.79. The van der Waals surface area contributed by atoms with Gasteiger partial charge in [-0.15, -0.1) is 0 Å². The second-order valence-electron chi connectivity index (χ2n) is 3.79. The van der Waals surface area contributed by atoms with Crippen LogP contribution in [0.25, 0.3) is 0 Å². The summed E-state index contributed by atoms with van der Waals surface area (Å²) in [4.78, 5) is 15.8. The highest BCUT2D eigenvalue weighted by molar-refractivity contribution is 5.82. The molecule has 0 spiro atoms. The van der Waals surface area contributed by atoms with Gasteiger partial charge in [0, 0.05) is 17.3 Å². The number of ketones is 1. The number of hydrogen-bond acceptors (Lipinski definition) is 4. The average Bonchev–Trinajstić information content (AvgIpc) is 2.23. The molecular formula is C12H18N2O2. The highest BCUT2D eigenvalue weighted by atomic mass is 16.5. The minimum Gasteiger partial charge on any atom is -0.496 e. The van der Waals surface area contributed by atoms with Crippen LogP contribution in [0.5, 0.6) is 5.75 Å². The number of carbonyl (C=O) groups excluding carboxylic acids is 1. The van der Waals surface area contributed by atoms with Crippen molar-refractivity contribution in [3.05, 3.63) is 23.0 Å². The Bertz CT molecular complexity index is 389. The van der Waals surface area contributed by atoms with Crippen molar-refractivity contribution in [3.63, 3.8) is 0 Å². The lowest BCUT2D eigenvalue weighted by molar-refractivity contribution is -0.117. The predicted molar refractivity (Wildman–Crippen MR) is 62.9 cm³/mol. The zero-order valence-corrected chi connectivity index (χ0v) is 10.3. The number of Topliss-reactive ketones (excluding diaryl/α,β-unsaturated/α-hetero) is 1. The number of rotatable bonds is 5. The summed E-state index contributed by atoms with van der Waals surface area (Å²) in [7, 11) is 3.39. The largest absolute Gasteiger partial charge is 0.496 e. The molecule has 1 aromatic rings. The molecule has 0 radical (unpaired) electrons. The zero-order chi connectivity index (χ0) is 12.1. The Morgan fingerprint density at radius 1 is 1.50 bits per heavy atom. The molecule has 1 N–H and O–H groups in total. The van der Waals surface area contributed by atoms with Gasteiger partial charge in [0.05, 0.1) is 25.8 Å². The maximum Gasteiger partial charge on any atom is 0.152 e. The molecule has 0 aliphatic rings. The van der Waals surface area contributed by atoms with E-state index in [-0.39, 0.29) is 5.78 Å². The van der Waals surface area contributed by atoms with E-state index in [1.165, 1.54) is 0 Å². The Balaban J connectivity index is 2.93. The number of nitrogens with one attached hydrogen (secondary N) is 1. The summed E-state index contributed by atoms with van der Waals surface area (Å²) in [6.07, 6.45) is 2.09. The number of pyridine rings is 1. The molecule has 0 saturated heterocycles. The number of ether oxygens (including phenoxy) is 1. The normalized spacial score (nSPS) is 10.2. The molecule has 0 aliphatic carbocycles. The molecule has 1 heterocycles. The average molecular weight is 222 g/mol. The summed E-state index contributed by atoms with van der Waals surface area (Å²) in [5, 5.41) is 2.84. The van der Waals surface area contributed by atoms with Gasteiger partial charge in [-0.1, -0.05) is 0 Å². The third-order valence-corrected chi connectivity index (χ3v) is 2.49. The highest BCUT2D eigenvalue weighted by Gasteiger charge is 2.12. The molecule has 1 aromatic heterocycles. The molecule has 0 unspecified atom stereocenters. The smallest absolute Gasteiger partial charge is 0.152 e. The topological polar surface area (TPSA) is 51.2 Å². The third kappa shape index (κ3) is 2.79. The first-order valence-corrected chi connectivity index (χ1v) is 5.25. The second kappa shape index (κ2) is 5.61. The lowest BCUT2D eigenvalue weighted by Gasteiger charge is -2.11. The van der Waals surface area contributed by atoms with E-state index in [9.17, 15) is 4.79 Å². The standard InChI is InChI=1S/C12H18N2O2/c1-8-6-14-11(5-10(15)7-13-3)9(2)12(8)16-4/h6,13H,5,7H2,1-4H3. The fourth-order valence-corrected chi connectivity index (χ4v) is 1.70. The molecule has 0 saturated carbocycles. The molecule has 0 atom stereocenters. The molecule has 0 bridgehead atoms. The van der Waals surface area contributed by atoms with Gasteiger partial charge in [0.2, 0.25) is 0 Å². The van der Waals surface area contributed by atoms with E-state index in [2.05, 4.69) is 10.3 Å². The first-order valence-electron chi connectivity index (χ1n) is 5.25. The van der Waals surface area contributed by atoms with Crippen LogP contribution in [0, 0.1) is 13.8 Å². The van der Waals surface area contributed by atoms with E-state index < -0.39 is 0 Å². The Morgan fingerprint density at radius 2 is 2.19 bits per heavy atom. The van der Waals surface area contributed by atoms with Crippen LogP contribution < -0.4 is 10.1 Å². The van der Waals surface area contributed by atoms with Crippen LogP contribution in [0.2, 0.25) is 0 Å². The highest BCUT2D eigenvalue weighted by Crippen LogP contribution is 2.24. The van der Waals surface area contributed by atoms with Gasteiger partial charge in [-0.05, 0) is 20.9 Å². The number of hydrogen-bond donors (Lipinski definition) is 1. The molecule has 88 valence electrons. The van der Waals surface area contributed by atoms with Crippen molar-refractivity contribution in [2.75, 3.05) is 20.7 Å². The minimum atomic E-state index is 0.129. The van der Waals surface area contributed by atoms with Gasteiger partial charge in [0.1, 0.15) is 5.75 Å². The van der Waals surface area contributed by atoms with Crippen molar-refractivity contribution >= 4 is 5.78 Å². The number of aryl methyl sites for hydroxylation is 1. The molecule has 16 heavy (non-hydrogen) atoms. The summed E-state index contributed by atoms with van der Waals surface area (Å²) in [5.74, 6) is 0.950. The first kappa shape index (κ1) is 12.6. The monoisotopic (exact) mass is 222 g/mol. The van der Waals surface area contributed by atoms with Crippen LogP contribution in [0.1, 0.15) is 16.8 Å². The van der Waals surface area contributed by atoms with Crippen molar-refractivity contribution < 1.29 is 9.53 Å². The lowest BCUT2D eigenvalue weighted by Crippen LogP contribution is -2.21. The number of likely N-dealkylation sites (N-methyl/N-ethyl adjacent to an activating group) is 1. The summed E-state index contributed by atoms with van der Waals surface area (Å²) in [5.41, 5.74) is 2.74. The number of nitrogens with zero attached hydrogens (tertiary/aromatic N) is 1. The van der Waals surface area contributed by atoms with Gasteiger partial charge in [-0.2, -0.15) is 0 Å². The third-order valence-electron chi connectivity index (χ3n) is 2.49. The Morgan fingerprint density at radius 3 is 2.75 bits per heavy atom. The number of carbonyl (C=O) groups is 1. The van der Waals surface area contributed by atoms with Crippen LogP contribution >= 0.6 is 0 Å². The van der Waals surface area contributed by atoms with E-state index in [0.717, 1.165) is 22.6 Å². The number of aromatic nitrogens is 1. The zero-order valence-electron chi connectivity index (χ0n) is 10.3. The van der Waals surface area contributed by atoms with E-state index in [1.807, 2.05) is 13.8 Å². The summed E-state index contributed by atoms with van der Waals surface area (Å²) in [6.45, 7) is 4.25. The van der Waals surface area contributed by atoms with Crippen LogP contribution in [0.4, 0.5) is 0 Å². The lowest BCUT2D eigenvalue weighted by atomic mass is 10.1. The first-order chi connectivity index (χ1) is 7.60. The van der Waals surface area contributed by atoms with Crippen molar-refractivity contribution in [2.45, 2.75) is 20.3 Å². The summed E-state index contributed by atoms with van der Waals surface area (Å²) >= 11 is 0. The van der Waals surface area contributed by atoms with Crippen molar-refractivity contribution in [1.82, 2.24) is 10.3 Å². The Kier molecular flexibility index (Phi) is 4.43. The molecule has 4 nitrogen and oxygen atoms in total. The van der Waals surface area contributed by atoms with Crippen molar-refractivity contribution in [2.24, 2.45) is 0 Å². The van der Waals surface area contributed by atoms with Crippen LogP contribution in [-0.4, -0.2) is 31.5 Å². The summed E-state index contributed by atoms with van der Waals surface area (Å²) in [6, 6.07) is 0. The van der Waals surface area contributed by atoms with Crippen molar-refractivity contribution in [1.29, 1.82) is 0 Å². The Labute approximate surface area is 96.0 Å². The van der Waals surface area contributed by atoms with Crippen molar-refractivity contribution in [3.8, 4) is 5.75 Å². The van der Waals surface area contributed by atoms with E-state index >= 15 is 0 Å². The molecule has 0 amide bonds. The fraction of sp³-hybridized carbons (Fsp3) is 0.500. The maximum atomic E-state index is 11.5. The van der Waals surface area contributed by atoms with Gasteiger partial charge >= 0.3 is 0 Å². The van der Waals surface area contributed by atoms with E-state index in [4.69, 9.17) is 4.74 Å². The molecule has 0 aliphatic heterocycles. The Hall–Kier alpha value is -1.42. The van der Waals surface area contributed by atoms with E-state index in [1.54, 1.807) is 20.4 Å². The molecule has 0 aromatic carbocycles. The van der Waals surface area contributed by atoms with Gasteiger partial charge in [-0.3, -0.25) is 9.78 Å². The van der Waals surface area contributed by atoms with Gasteiger partial charge in [0.15, 0.2) is 5.78 Å². The minimum absolute atomic E-state index is 0.129. The summed E-state index contributed by atoms with van der Waals surface area (Å²) < 4.78 is 5.29. The predicted octanol–water partition coefficient (Wildman–Crippen LogP) is 1.04.